The van der Waals surface area contributed by atoms with E-state index in [1.165, 1.54) is 6.92 Å². The number of nitrogens with one attached hydrogen (secondary N) is 1. The summed E-state index contributed by atoms with van der Waals surface area (Å²) in [6.07, 6.45) is -2.57. The Balaban J connectivity index is 3.88. The maximum atomic E-state index is 12.7. The van der Waals surface area contributed by atoms with E-state index >= 15 is 0 Å². The van der Waals surface area contributed by atoms with Gasteiger partial charge in [-0.2, -0.15) is 8.78 Å². The van der Waals surface area contributed by atoms with Gasteiger partial charge in [-0.05, 0) is 6.92 Å². The molecule has 0 heterocycles. The van der Waals surface area contributed by atoms with Gasteiger partial charge in [-0.1, -0.05) is 6.58 Å². The van der Waals surface area contributed by atoms with Crippen LogP contribution in [0.25, 0.3) is 0 Å². The highest BCUT2D eigenvalue weighted by Gasteiger charge is 2.37. The normalized spacial score (nSPS) is 11.6. The van der Waals surface area contributed by atoms with Crippen molar-refractivity contribution < 1.29 is 40.8 Å². The van der Waals surface area contributed by atoms with Crippen molar-refractivity contribution >= 4 is 22.2 Å². The molecule has 8 nitrogen and oxygen atoms in total. The van der Waals surface area contributed by atoms with Crippen LogP contribution in [0.3, 0.4) is 0 Å². The predicted molar refractivity (Wildman–Crippen MR) is 64.4 cm³/mol. The number of hydrogen-bond acceptors (Lipinski definition) is 7. The van der Waals surface area contributed by atoms with Gasteiger partial charge in [-0.15, -0.1) is 0 Å². The predicted octanol–water partition coefficient (Wildman–Crippen LogP) is 0.360. The molecule has 0 saturated heterocycles. The van der Waals surface area contributed by atoms with Crippen LogP contribution in [0.1, 0.15) is 13.3 Å². The van der Waals surface area contributed by atoms with Gasteiger partial charge in [0.1, 0.15) is 6.61 Å². The van der Waals surface area contributed by atoms with Crippen LogP contribution < -0.4 is 5.32 Å². The molecule has 0 aromatic carbocycles. The molecule has 1 amide bonds. The van der Waals surface area contributed by atoms with Gasteiger partial charge in [0.15, 0.2) is 10.1 Å². The third-order valence-electron chi connectivity index (χ3n) is 1.95. The standard InChI is InChI=1S/C10H15F2NO7S/c1-7(2)8(14)19-6-4-13-9(15)20-5-3-10(11,12)21(16,17)18/h1,3-6H2,2H3,(H,13,15)(H,16,17,18)/p-1. The zero-order valence-corrected chi connectivity index (χ0v) is 11.9. The lowest BCUT2D eigenvalue weighted by molar-refractivity contribution is -0.138. The Morgan fingerprint density at radius 1 is 1.29 bits per heavy atom. The molecule has 0 aliphatic heterocycles. The Kier molecular flexibility index (Phi) is 7.22. The summed E-state index contributed by atoms with van der Waals surface area (Å²) < 4.78 is 64.6. The Morgan fingerprint density at radius 3 is 2.33 bits per heavy atom. The molecule has 0 saturated carbocycles. The SMILES string of the molecule is C=C(C)C(=O)OCCNC(=O)OCCC(F)(F)S(=O)(=O)[O-]. The smallest absolute Gasteiger partial charge is 0.407 e. The minimum absolute atomic E-state index is 0.145. The fourth-order valence-electron chi connectivity index (χ4n) is 0.859. The van der Waals surface area contributed by atoms with E-state index in [-0.39, 0.29) is 18.7 Å². The topological polar surface area (TPSA) is 122 Å². The van der Waals surface area contributed by atoms with Crippen molar-refractivity contribution in [2.75, 3.05) is 19.8 Å². The molecule has 0 aromatic heterocycles. The Hall–Kier alpha value is -1.75. The fourth-order valence-corrected chi connectivity index (χ4v) is 1.19. The zero-order chi connectivity index (χ0) is 16.7. The van der Waals surface area contributed by atoms with Crippen molar-refractivity contribution in [1.82, 2.24) is 5.32 Å². The zero-order valence-electron chi connectivity index (χ0n) is 11.1. The molecule has 0 atom stereocenters. The Bertz CT molecular complexity index is 504. The summed E-state index contributed by atoms with van der Waals surface area (Å²) in [5.41, 5.74) is 0.165. The number of alkyl carbamates (subject to hydrolysis) is 1. The maximum Gasteiger partial charge on any atom is 0.407 e. The van der Waals surface area contributed by atoms with E-state index in [9.17, 15) is 31.3 Å². The third kappa shape index (κ3) is 7.56. The van der Waals surface area contributed by atoms with Gasteiger partial charge in [-0.25, -0.2) is 18.0 Å². The van der Waals surface area contributed by atoms with Crippen molar-refractivity contribution in [3.05, 3.63) is 12.2 Å². The van der Waals surface area contributed by atoms with E-state index in [0.717, 1.165) is 0 Å². The van der Waals surface area contributed by atoms with Crippen LogP contribution in [-0.4, -0.2) is 50.0 Å². The van der Waals surface area contributed by atoms with E-state index in [0.29, 0.717) is 0 Å². The first-order valence-corrected chi connectivity index (χ1v) is 6.94. The number of carbonyl (C=O) groups excluding carboxylic acids is 2. The van der Waals surface area contributed by atoms with Gasteiger partial charge in [0.25, 0.3) is 0 Å². The molecule has 1 N–H and O–H groups in total. The largest absolute Gasteiger partial charge is 0.743 e. The van der Waals surface area contributed by atoms with Crippen molar-refractivity contribution in [2.24, 2.45) is 0 Å². The summed E-state index contributed by atoms with van der Waals surface area (Å²) in [4.78, 5) is 21.9. The molecular weight excluding hydrogens is 316 g/mol. The number of amides is 1. The van der Waals surface area contributed by atoms with Crippen LogP contribution in [0.5, 0.6) is 0 Å². The lowest BCUT2D eigenvalue weighted by atomic mass is 10.4. The number of rotatable bonds is 8. The van der Waals surface area contributed by atoms with E-state index < -0.39 is 40.5 Å². The minimum Gasteiger partial charge on any atom is -0.743 e. The summed E-state index contributed by atoms with van der Waals surface area (Å²) in [6.45, 7) is 3.45. The second-order valence-corrected chi connectivity index (χ2v) is 5.33. The molecule has 0 unspecified atom stereocenters. The van der Waals surface area contributed by atoms with Crippen LogP contribution >= 0.6 is 0 Å². The number of esters is 1. The van der Waals surface area contributed by atoms with E-state index in [2.05, 4.69) is 21.4 Å². The van der Waals surface area contributed by atoms with Crippen molar-refractivity contribution in [2.45, 2.75) is 18.6 Å². The van der Waals surface area contributed by atoms with Gasteiger partial charge in [-0.3, -0.25) is 0 Å². The summed E-state index contributed by atoms with van der Waals surface area (Å²) in [7, 11) is -5.80. The number of carbonyl (C=O) groups is 2. The number of halogens is 2. The van der Waals surface area contributed by atoms with Crippen LogP contribution in [0, 0.1) is 0 Å². The molecule has 0 aliphatic rings. The van der Waals surface area contributed by atoms with E-state index in [1.807, 2.05) is 0 Å². The highest BCUT2D eigenvalue weighted by atomic mass is 32.2. The maximum absolute atomic E-state index is 12.7. The first kappa shape index (κ1) is 19.2. The molecule has 0 aliphatic carbocycles. The van der Waals surface area contributed by atoms with Crippen molar-refractivity contribution in [1.29, 1.82) is 0 Å². The Morgan fingerprint density at radius 2 is 1.86 bits per heavy atom. The summed E-state index contributed by atoms with van der Waals surface area (Å²) >= 11 is 0. The van der Waals surface area contributed by atoms with E-state index in [1.54, 1.807) is 0 Å². The second kappa shape index (κ2) is 7.88. The van der Waals surface area contributed by atoms with Crippen LogP contribution in [0.15, 0.2) is 12.2 Å². The lowest BCUT2D eigenvalue weighted by Crippen LogP contribution is -2.33. The summed E-state index contributed by atoms with van der Waals surface area (Å²) in [6, 6.07) is 0. The molecule has 21 heavy (non-hydrogen) atoms. The molecule has 0 aromatic rings. The van der Waals surface area contributed by atoms with Gasteiger partial charge < -0.3 is 19.3 Å². The van der Waals surface area contributed by atoms with Crippen LogP contribution in [0.2, 0.25) is 0 Å². The Labute approximate surface area is 119 Å². The molecule has 0 spiro atoms. The van der Waals surface area contributed by atoms with Crippen LogP contribution in [0.4, 0.5) is 13.6 Å². The van der Waals surface area contributed by atoms with Gasteiger partial charge in [0, 0.05) is 5.57 Å². The monoisotopic (exact) mass is 330 g/mol. The number of alkyl halides is 2. The molecule has 122 valence electrons. The molecule has 0 bridgehead atoms. The average molecular weight is 330 g/mol. The molecular formula is C10H14F2NO7S-. The van der Waals surface area contributed by atoms with E-state index in [4.69, 9.17) is 0 Å². The number of ether oxygens (including phenoxy) is 2. The fraction of sp³-hybridized carbons (Fsp3) is 0.600. The minimum atomic E-state index is -5.80. The van der Waals surface area contributed by atoms with Gasteiger partial charge in [0.2, 0.25) is 0 Å². The second-order valence-electron chi connectivity index (χ2n) is 3.82. The third-order valence-corrected chi connectivity index (χ3v) is 2.88. The van der Waals surface area contributed by atoms with Gasteiger partial charge >= 0.3 is 17.3 Å². The summed E-state index contributed by atoms with van der Waals surface area (Å²) in [5, 5.41) is -2.45. The highest BCUT2D eigenvalue weighted by Crippen LogP contribution is 2.24. The molecule has 0 rings (SSSR count). The summed E-state index contributed by atoms with van der Waals surface area (Å²) in [5.74, 6) is -0.662. The highest BCUT2D eigenvalue weighted by molar-refractivity contribution is 7.86. The molecule has 11 heteroatoms. The first-order chi connectivity index (χ1) is 9.47. The van der Waals surface area contributed by atoms with Crippen molar-refractivity contribution in [3.8, 4) is 0 Å². The lowest BCUT2D eigenvalue weighted by Gasteiger charge is -2.19. The quantitative estimate of drug-likeness (QED) is 0.295. The average Bonchev–Trinajstić information content (AvgIpc) is 2.32. The number of hydrogen-bond donors (Lipinski definition) is 1. The van der Waals surface area contributed by atoms with Crippen LogP contribution in [-0.2, 0) is 24.4 Å². The van der Waals surface area contributed by atoms with Crippen molar-refractivity contribution in [3.63, 3.8) is 0 Å². The first-order valence-electron chi connectivity index (χ1n) is 5.54. The molecule has 0 radical (unpaired) electrons. The van der Waals surface area contributed by atoms with Gasteiger partial charge in [0.05, 0.1) is 19.6 Å². The molecule has 0 fully saturated rings.